The number of nitrogens with zero attached hydrogens (tertiary/aromatic N) is 1. The molecule has 0 amide bonds. The molecule has 0 aliphatic carbocycles. The van der Waals surface area contributed by atoms with Crippen LogP contribution >= 0.6 is 0 Å². The van der Waals surface area contributed by atoms with Crippen LogP contribution in [-0.4, -0.2) is 7.11 Å². The van der Waals surface area contributed by atoms with Crippen molar-refractivity contribution in [3.05, 3.63) is 29.3 Å². The Hall–Kier alpha value is -1.49. The van der Waals surface area contributed by atoms with Gasteiger partial charge in [-0.05, 0) is 44.4 Å². The number of aryl methyl sites for hydroxylation is 1. The SMILES string of the molecule is COc1ccc(CC(C)(C)C#N)cc1C. The zero-order chi connectivity index (χ0) is 11.5. The summed E-state index contributed by atoms with van der Waals surface area (Å²) in [7, 11) is 1.67. The van der Waals surface area contributed by atoms with Gasteiger partial charge in [0.25, 0.3) is 0 Å². The van der Waals surface area contributed by atoms with Crippen molar-refractivity contribution in [3.63, 3.8) is 0 Å². The lowest BCUT2D eigenvalue weighted by Crippen LogP contribution is -2.11. The number of ether oxygens (including phenoxy) is 1. The molecule has 0 fully saturated rings. The average molecular weight is 203 g/mol. The van der Waals surface area contributed by atoms with E-state index in [1.807, 2.05) is 32.9 Å². The Balaban J connectivity index is 2.90. The topological polar surface area (TPSA) is 33.0 Å². The third-order valence-electron chi connectivity index (χ3n) is 2.41. The zero-order valence-electron chi connectivity index (χ0n) is 9.79. The van der Waals surface area contributed by atoms with E-state index in [0.717, 1.165) is 17.7 Å². The molecular weight excluding hydrogens is 186 g/mol. The summed E-state index contributed by atoms with van der Waals surface area (Å²) < 4.78 is 5.19. The Bertz CT molecular complexity index is 388. The summed E-state index contributed by atoms with van der Waals surface area (Å²) in [5.74, 6) is 0.897. The summed E-state index contributed by atoms with van der Waals surface area (Å²) >= 11 is 0. The minimum atomic E-state index is -0.305. The van der Waals surface area contributed by atoms with Gasteiger partial charge in [-0.2, -0.15) is 5.26 Å². The number of rotatable bonds is 3. The van der Waals surface area contributed by atoms with E-state index >= 15 is 0 Å². The van der Waals surface area contributed by atoms with Crippen molar-refractivity contribution in [1.82, 2.24) is 0 Å². The molecule has 2 heteroatoms. The minimum absolute atomic E-state index is 0.305. The highest BCUT2D eigenvalue weighted by molar-refractivity contribution is 5.36. The summed E-state index contributed by atoms with van der Waals surface area (Å²) in [6.45, 7) is 5.92. The number of benzene rings is 1. The van der Waals surface area contributed by atoms with Crippen LogP contribution < -0.4 is 4.74 Å². The van der Waals surface area contributed by atoms with Crippen LogP contribution in [0.15, 0.2) is 18.2 Å². The first kappa shape index (κ1) is 11.6. The van der Waals surface area contributed by atoms with Gasteiger partial charge >= 0.3 is 0 Å². The van der Waals surface area contributed by atoms with Gasteiger partial charge in [-0.3, -0.25) is 0 Å². The maximum atomic E-state index is 8.95. The maximum absolute atomic E-state index is 8.95. The van der Waals surface area contributed by atoms with Gasteiger partial charge in [0.15, 0.2) is 0 Å². The fourth-order valence-electron chi connectivity index (χ4n) is 1.60. The maximum Gasteiger partial charge on any atom is 0.121 e. The molecule has 80 valence electrons. The first-order chi connectivity index (χ1) is 6.98. The van der Waals surface area contributed by atoms with Crippen LogP contribution in [0, 0.1) is 23.7 Å². The van der Waals surface area contributed by atoms with Crippen LogP contribution in [0.1, 0.15) is 25.0 Å². The molecule has 0 aliphatic rings. The minimum Gasteiger partial charge on any atom is -0.496 e. The van der Waals surface area contributed by atoms with E-state index in [-0.39, 0.29) is 5.41 Å². The fourth-order valence-corrected chi connectivity index (χ4v) is 1.60. The van der Waals surface area contributed by atoms with Gasteiger partial charge in [-0.1, -0.05) is 12.1 Å². The van der Waals surface area contributed by atoms with E-state index in [2.05, 4.69) is 12.1 Å². The molecule has 2 nitrogen and oxygen atoms in total. The molecule has 1 aromatic carbocycles. The molecule has 0 radical (unpaired) electrons. The molecule has 0 saturated heterocycles. The number of methoxy groups -OCH3 is 1. The van der Waals surface area contributed by atoms with Crippen LogP contribution in [0.3, 0.4) is 0 Å². The smallest absolute Gasteiger partial charge is 0.121 e. The number of hydrogen-bond acceptors (Lipinski definition) is 2. The molecule has 0 atom stereocenters. The van der Waals surface area contributed by atoms with Gasteiger partial charge in [-0.25, -0.2) is 0 Å². The predicted octanol–water partition coefficient (Wildman–Crippen LogP) is 3.10. The second-order valence-electron chi connectivity index (χ2n) is 4.48. The monoisotopic (exact) mass is 203 g/mol. The first-order valence-electron chi connectivity index (χ1n) is 5.03. The van der Waals surface area contributed by atoms with Gasteiger partial charge < -0.3 is 4.74 Å². The van der Waals surface area contributed by atoms with Gasteiger partial charge in [0.2, 0.25) is 0 Å². The van der Waals surface area contributed by atoms with Crippen LogP contribution in [0.4, 0.5) is 0 Å². The molecule has 0 N–H and O–H groups in total. The number of hydrogen-bond donors (Lipinski definition) is 0. The van der Waals surface area contributed by atoms with Crippen LogP contribution in [0.5, 0.6) is 5.75 Å². The fraction of sp³-hybridized carbons (Fsp3) is 0.462. The third-order valence-corrected chi connectivity index (χ3v) is 2.41. The van der Waals surface area contributed by atoms with Crippen LogP contribution in [-0.2, 0) is 6.42 Å². The van der Waals surface area contributed by atoms with E-state index in [9.17, 15) is 0 Å². The van der Waals surface area contributed by atoms with Crippen LogP contribution in [0.2, 0.25) is 0 Å². The highest BCUT2D eigenvalue weighted by atomic mass is 16.5. The van der Waals surface area contributed by atoms with Crippen molar-refractivity contribution < 1.29 is 4.74 Å². The Morgan fingerprint density at radius 2 is 2.07 bits per heavy atom. The zero-order valence-corrected chi connectivity index (χ0v) is 9.79. The van der Waals surface area contributed by atoms with Crippen molar-refractivity contribution in [3.8, 4) is 11.8 Å². The summed E-state index contributed by atoms with van der Waals surface area (Å²) in [4.78, 5) is 0. The van der Waals surface area contributed by atoms with Gasteiger partial charge in [0.1, 0.15) is 5.75 Å². The van der Waals surface area contributed by atoms with Crippen molar-refractivity contribution in [1.29, 1.82) is 5.26 Å². The van der Waals surface area contributed by atoms with Gasteiger partial charge in [-0.15, -0.1) is 0 Å². The van der Waals surface area contributed by atoms with Crippen molar-refractivity contribution >= 4 is 0 Å². The summed E-state index contributed by atoms with van der Waals surface area (Å²) in [5, 5.41) is 8.95. The average Bonchev–Trinajstić information content (AvgIpc) is 2.17. The summed E-state index contributed by atoms with van der Waals surface area (Å²) in [6.07, 6.45) is 0.772. The van der Waals surface area contributed by atoms with E-state index in [0.29, 0.717) is 0 Å². The Labute approximate surface area is 91.5 Å². The molecule has 0 spiro atoms. The van der Waals surface area contributed by atoms with Crippen molar-refractivity contribution in [2.45, 2.75) is 27.2 Å². The van der Waals surface area contributed by atoms with Crippen LogP contribution in [0.25, 0.3) is 0 Å². The molecule has 1 rings (SSSR count). The lowest BCUT2D eigenvalue weighted by molar-refractivity contribution is 0.411. The standard InChI is InChI=1S/C13H17NO/c1-10-7-11(5-6-12(10)15-4)8-13(2,3)9-14/h5-7H,8H2,1-4H3. The largest absolute Gasteiger partial charge is 0.496 e. The van der Waals surface area contributed by atoms with Crippen molar-refractivity contribution in [2.75, 3.05) is 7.11 Å². The van der Waals surface area contributed by atoms with E-state index < -0.39 is 0 Å². The molecule has 0 unspecified atom stereocenters. The lowest BCUT2D eigenvalue weighted by Gasteiger charge is -2.15. The highest BCUT2D eigenvalue weighted by Crippen LogP contribution is 2.24. The third kappa shape index (κ3) is 2.99. The van der Waals surface area contributed by atoms with E-state index in [1.165, 1.54) is 5.56 Å². The predicted molar refractivity (Wildman–Crippen MR) is 60.8 cm³/mol. The molecule has 15 heavy (non-hydrogen) atoms. The highest BCUT2D eigenvalue weighted by Gasteiger charge is 2.17. The second kappa shape index (κ2) is 4.35. The van der Waals surface area contributed by atoms with E-state index in [4.69, 9.17) is 10.00 Å². The molecular formula is C13H17NO. The number of nitriles is 1. The summed E-state index contributed by atoms with van der Waals surface area (Å²) in [5.41, 5.74) is 1.99. The molecule has 0 saturated carbocycles. The summed E-state index contributed by atoms with van der Waals surface area (Å²) in [6, 6.07) is 8.36. The van der Waals surface area contributed by atoms with Crippen molar-refractivity contribution in [2.24, 2.45) is 5.41 Å². The lowest BCUT2D eigenvalue weighted by atomic mass is 9.87. The first-order valence-corrected chi connectivity index (χ1v) is 5.03. The molecule has 1 aromatic rings. The quantitative estimate of drug-likeness (QED) is 0.756. The van der Waals surface area contributed by atoms with Gasteiger partial charge in [0.05, 0.1) is 18.6 Å². The van der Waals surface area contributed by atoms with E-state index in [1.54, 1.807) is 7.11 Å². The second-order valence-corrected chi connectivity index (χ2v) is 4.48. The Kier molecular flexibility index (Phi) is 3.36. The molecule has 0 aliphatic heterocycles. The molecule has 0 heterocycles. The molecule has 0 aromatic heterocycles. The Morgan fingerprint density at radius 3 is 2.53 bits per heavy atom. The Morgan fingerprint density at radius 1 is 1.40 bits per heavy atom. The van der Waals surface area contributed by atoms with Gasteiger partial charge in [0, 0.05) is 0 Å². The molecule has 0 bridgehead atoms. The normalized spacial score (nSPS) is 10.9.